The maximum absolute atomic E-state index is 13.2. The summed E-state index contributed by atoms with van der Waals surface area (Å²) < 4.78 is 45.4. The third-order valence-corrected chi connectivity index (χ3v) is 5.62. The average Bonchev–Trinajstić information content (AvgIpc) is 2.97. The molecule has 3 aromatic carbocycles. The molecular formula is C25H20F3NO4. The van der Waals surface area contributed by atoms with Crippen molar-refractivity contribution in [2.75, 3.05) is 0 Å². The highest BCUT2D eigenvalue weighted by Crippen LogP contribution is 2.39. The lowest BCUT2D eigenvalue weighted by Gasteiger charge is -2.18. The molecule has 0 radical (unpaired) electrons. The number of para-hydroxylation sites is 1. The van der Waals surface area contributed by atoms with Crippen LogP contribution in [0.3, 0.4) is 0 Å². The molecule has 4 rings (SSSR count). The molecule has 1 amide bonds. The van der Waals surface area contributed by atoms with Crippen LogP contribution in [0.5, 0.6) is 11.5 Å². The number of hydrogen-bond donors (Lipinski definition) is 2. The summed E-state index contributed by atoms with van der Waals surface area (Å²) in [4.78, 5) is 24.1. The highest BCUT2D eigenvalue weighted by molar-refractivity contribution is 5.97. The maximum atomic E-state index is 13.2. The summed E-state index contributed by atoms with van der Waals surface area (Å²) in [6.07, 6.45) is -3.51. The van der Waals surface area contributed by atoms with E-state index in [0.717, 1.165) is 17.7 Å². The molecule has 0 fully saturated rings. The number of hydrogen-bond acceptors (Lipinski definition) is 3. The van der Waals surface area contributed by atoms with E-state index in [1.165, 1.54) is 18.2 Å². The second-order valence-corrected chi connectivity index (χ2v) is 7.84. The Kier molecular flexibility index (Phi) is 5.84. The topological polar surface area (TPSA) is 75.6 Å². The number of fused-ring (bicyclic) bond motifs is 2. The Hall–Kier alpha value is -3.81. The minimum absolute atomic E-state index is 0.0844. The van der Waals surface area contributed by atoms with E-state index in [1.807, 2.05) is 0 Å². The lowest BCUT2D eigenvalue weighted by molar-refractivity contribution is -0.137. The van der Waals surface area contributed by atoms with Crippen LogP contribution in [0.1, 0.15) is 55.9 Å². The number of carboxylic acids is 1. The van der Waals surface area contributed by atoms with Crippen molar-refractivity contribution < 1.29 is 32.6 Å². The largest absolute Gasteiger partial charge is 0.478 e. The average molecular weight is 455 g/mol. The van der Waals surface area contributed by atoms with Crippen molar-refractivity contribution in [1.82, 2.24) is 5.32 Å². The molecule has 33 heavy (non-hydrogen) atoms. The number of halogens is 3. The molecule has 1 atom stereocenters. The molecule has 2 N–H and O–H groups in total. The summed E-state index contributed by atoms with van der Waals surface area (Å²) in [5.74, 6) is -1.17. The smallest absolute Gasteiger partial charge is 0.416 e. The van der Waals surface area contributed by atoms with Gasteiger partial charge < -0.3 is 15.2 Å². The summed E-state index contributed by atoms with van der Waals surface area (Å²) >= 11 is 0. The van der Waals surface area contributed by atoms with Crippen LogP contribution in [0.15, 0.2) is 60.7 Å². The van der Waals surface area contributed by atoms with E-state index < -0.39 is 29.7 Å². The molecule has 0 aromatic heterocycles. The minimum Gasteiger partial charge on any atom is -0.478 e. The third kappa shape index (κ3) is 4.69. The summed E-state index contributed by atoms with van der Waals surface area (Å²) in [6.45, 7) is 1.75. The Morgan fingerprint density at radius 2 is 1.70 bits per heavy atom. The fraction of sp³-hybridized carbons (Fsp3) is 0.200. The third-order valence-electron chi connectivity index (χ3n) is 5.62. The Bertz CT molecular complexity index is 1220. The first-order valence-electron chi connectivity index (χ1n) is 10.3. The molecule has 0 unspecified atom stereocenters. The zero-order valence-corrected chi connectivity index (χ0v) is 17.6. The second kappa shape index (κ2) is 8.61. The van der Waals surface area contributed by atoms with Crippen molar-refractivity contribution in [3.05, 3.63) is 94.0 Å². The van der Waals surface area contributed by atoms with Gasteiger partial charge in [0, 0.05) is 0 Å². The fourth-order valence-corrected chi connectivity index (χ4v) is 3.76. The number of rotatable bonds is 4. The number of carboxylic acid groups (broad SMARTS) is 1. The van der Waals surface area contributed by atoms with Crippen LogP contribution in [-0.2, 0) is 19.0 Å². The highest BCUT2D eigenvalue weighted by atomic mass is 19.4. The van der Waals surface area contributed by atoms with Crippen molar-refractivity contribution in [3.63, 3.8) is 0 Å². The Balaban J connectivity index is 1.61. The number of aryl methyl sites for hydroxylation is 2. The number of aromatic carboxylic acids is 1. The molecule has 0 spiro atoms. The van der Waals surface area contributed by atoms with Gasteiger partial charge in [0.05, 0.1) is 22.7 Å². The maximum Gasteiger partial charge on any atom is 0.416 e. The number of ether oxygens (including phenoxy) is 1. The standard InChI is InChI=1S/C25H20F3NO4/c1-14(15-5-9-18(10-6-15)24(31)32)29-23(30)20-4-2-3-17-8-7-16-11-12-19(25(26,27)28)13-21(16)33-22(17)20/h2-6,9-14H,7-8H2,1H3,(H,29,30)(H,31,32)/t14-/m0/s1. The molecular weight excluding hydrogens is 435 g/mol. The predicted molar refractivity (Wildman–Crippen MR) is 115 cm³/mol. The fourth-order valence-electron chi connectivity index (χ4n) is 3.76. The van der Waals surface area contributed by atoms with Crippen molar-refractivity contribution in [2.45, 2.75) is 32.0 Å². The molecule has 0 bridgehead atoms. The first-order valence-corrected chi connectivity index (χ1v) is 10.3. The molecule has 8 heteroatoms. The highest BCUT2D eigenvalue weighted by Gasteiger charge is 2.32. The van der Waals surface area contributed by atoms with Gasteiger partial charge in [0.1, 0.15) is 11.5 Å². The van der Waals surface area contributed by atoms with Crippen LogP contribution in [0.4, 0.5) is 13.2 Å². The van der Waals surface area contributed by atoms with Gasteiger partial charge in [-0.3, -0.25) is 4.79 Å². The summed E-state index contributed by atoms with van der Waals surface area (Å²) in [6, 6.07) is 14.2. The van der Waals surface area contributed by atoms with Gasteiger partial charge in [-0.15, -0.1) is 0 Å². The van der Waals surface area contributed by atoms with Gasteiger partial charge in [0.2, 0.25) is 0 Å². The zero-order chi connectivity index (χ0) is 23.8. The van der Waals surface area contributed by atoms with Gasteiger partial charge in [0.15, 0.2) is 0 Å². The van der Waals surface area contributed by atoms with Gasteiger partial charge in [-0.05, 0) is 66.8 Å². The van der Waals surface area contributed by atoms with E-state index in [0.29, 0.717) is 24.0 Å². The molecule has 1 aliphatic rings. The second-order valence-electron chi connectivity index (χ2n) is 7.84. The number of amides is 1. The molecule has 1 aliphatic heterocycles. The van der Waals surface area contributed by atoms with E-state index in [-0.39, 0.29) is 22.6 Å². The minimum atomic E-state index is -4.50. The molecule has 0 saturated carbocycles. The van der Waals surface area contributed by atoms with Gasteiger partial charge in [-0.1, -0.05) is 30.3 Å². The van der Waals surface area contributed by atoms with E-state index in [4.69, 9.17) is 9.84 Å². The summed E-state index contributed by atoms with van der Waals surface area (Å²) in [5, 5.41) is 11.9. The summed E-state index contributed by atoms with van der Waals surface area (Å²) in [5.41, 5.74) is 1.60. The Morgan fingerprint density at radius 3 is 2.36 bits per heavy atom. The van der Waals surface area contributed by atoms with Crippen molar-refractivity contribution in [2.24, 2.45) is 0 Å². The summed E-state index contributed by atoms with van der Waals surface area (Å²) in [7, 11) is 0. The molecule has 5 nitrogen and oxygen atoms in total. The first kappa shape index (κ1) is 22.4. The predicted octanol–water partition coefficient (Wildman–Crippen LogP) is 5.79. The number of carbonyl (C=O) groups excluding carboxylic acids is 1. The quantitative estimate of drug-likeness (QED) is 0.523. The van der Waals surface area contributed by atoms with Gasteiger partial charge in [0.25, 0.3) is 5.91 Å². The van der Waals surface area contributed by atoms with Crippen molar-refractivity contribution in [1.29, 1.82) is 0 Å². The molecule has 0 saturated heterocycles. The normalized spacial score (nSPS) is 13.7. The monoisotopic (exact) mass is 455 g/mol. The first-order chi connectivity index (χ1) is 15.6. The van der Waals surface area contributed by atoms with Crippen LogP contribution < -0.4 is 10.1 Å². The van der Waals surface area contributed by atoms with Crippen molar-refractivity contribution in [3.8, 4) is 11.5 Å². The lowest BCUT2D eigenvalue weighted by Crippen LogP contribution is -2.27. The number of alkyl halides is 3. The number of nitrogens with one attached hydrogen (secondary N) is 1. The molecule has 0 aliphatic carbocycles. The van der Waals surface area contributed by atoms with E-state index in [2.05, 4.69) is 5.32 Å². The van der Waals surface area contributed by atoms with E-state index >= 15 is 0 Å². The van der Waals surface area contributed by atoms with Gasteiger partial charge >= 0.3 is 12.1 Å². The molecule has 1 heterocycles. The van der Waals surface area contributed by atoms with Crippen LogP contribution in [0.2, 0.25) is 0 Å². The molecule has 170 valence electrons. The molecule has 3 aromatic rings. The Morgan fingerprint density at radius 1 is 1.00 bits per heavy atom. The number of carbonyl (C=O) groups is 2. The van der Waals surface area contributed by atoms with Crippen molar-refractivity contribution >= 4 is 11.9 Å². The lowest BCUT2D eigenvalue weighted by atomic mass is 10.0. The van der Waals surface area contributed by atoms with Crippen LogP contribution >= 0.6 is 0 Å². The SMILES string of the molecule is C[C@H](NC(=O)c1cccc2c1Oc1cc(C(F)(F)F)ccc1CC2)c1ccc(C(=O)O)cc1. The van der Waals surface area contributed by atoms with Gasteiger partial charge in [-0.25, -0.2) is 4.79 Å². The van der Waals surface area contributed by atoms with E-state index in [1.54, 1.807) is 37.3 Å². The van der Waals surface area contributed by atoms with Crippen LogP contribution in [0, 0.1) is 0 Å². The van der Waals surface area contributed by atoms with Gasteiger partial charge in [-0.2, -0.15) is 13.2 Å². The number of benzene rings is 3. The van der Waals surface area contributed by atoms with Crippen LogP contribution in [-0.4, -0.2) is 17.0 Å². The zero-order valence-electron chi connectivity index (χ0n) is 17.6. The van der Waals surface area contributed by atoms with Crippen LogP contribution in [0.25, 0.3) is 0 Å². The van der Waals surface area contributed by atoms with E-state index in [9.17, 15) is 22.8 Å². The Labute approximate surface area is 187 Å².